The second-order valence-corrected chi connectivity index (χ2v) is 5.12. The fourth-order valence-electron chi connectivity index (χ4n) is 2.39. The highest BCUT2D eigenvalue weighted by atomic mass is 127. The number of nitrogens with zero attached hydrogens (tertiary/aromatic N) is 1. The van der Waals surface area contributed by atoms with Crippen molar-refractivity contribution in [3.05, 3.63) is 29.8 Å². The van der Waals surface area contributed by atoms with Crippen LogP contribution >= 0.6 is 24.0 Å². The Hall–Kier alpha value is -1.19. The second-order valence-electron chi connectivity index (χ2n) is 5.12. The Kier molecular flexibility index (Phi) is 7.93. The van der Waals surface area contributed by atoms with Crippen LogP contribution in [-0.4, -0.2) is 38.9 Å². The largest absolute Gasteiger partial charge is 0.493 e. The number of hydrogen-bond acceptors (Lipinski definition) is 2. The first kappa shape index (κ1) is 19.9. The van der Waals surface area contributed by atoms with Crippen molar-refractivity contribution in [2.24, 2.45) is 4.99 Å². The highest BCUT2D eigenvalue weighted by Gasteiger charge is 2.26. The smallest absolute Gasteiger partial charge is 0.390 e. The summed E-state index contributed by atoms with van der Waals surface area (Å²) < 4.78 is 42.0. The van der Waals surface area contributed by atoms with E-state index in [1.165, 1.54) is 0 Å². The van der Waals surface area contributed by atoms with Crippen LogP contribution in [0.25, 0.3) is 0 Å². The lowest BCUT2D eigenvalue weighted by Gasteiger charge is -2.26. The number of hydrogen-bond donors (Lipinski definition) is 2. The molecule has 0 amide bonds. The van der Waals surface area contributed by atoms with Gasteiger partial charge in [-0.25, -0.2) is 0 Å². The minimum Gasteiger partial charge on any atom is -0.493 e. The second kappa shape index (κ2) is 9.19. The standard InChI is InChI=1S/C15H20F3N3O.HI/c1-19-14(20-8-7-15(16,17)18)21-10-11-6-9-22-13-5-3-2-4-12(11)13;/h2-5,11H,6-10H2,1H3,(H2,19,20,21);1H. The zero-order valence-electron chi connectivity index (χ0n) is 12.8. The SMILES string of the molecule is CN=C(NCCC(F)(F)F)NCC1CCOc2ccccc21.I. The van der Waals surface area contributed by atoms with E-state index >= 15 is 0 Å². The van der Waals surface area contributed by atoms with Crippen molar-refractivity contribution in [2.45, 2.75) is 24.9 Å². The van der Waals surface area contributed by atoms with Crippen LogP contribution in [0.15, 0.2) is 29.3 Å². The lowest BCUT2D eigenvalue weighted by Crippen LogP contribution is -2.41. The maximum atomic E-state index is 12.1. The van der Waals surface area contributed by atoms with E-state index in [0.717, 1.165) is 17.7 Å². The fourth-order valence-corrected chi connectivity index (χ4v) is 2.39. The van der Waals surface area contributed by atoms with E-state index in [4.69, 9.17) is 4.74 Å². The van der Waals surface area contributed by atoms with Crippen LogP contribution in [0.3, 0.4) is 0 Å². The van der Waals surface area contributed by atoms with E-state index < -0.39 is 12.6 Å². The van der Waals surface area contributed by atoms with Gasteiger partial charge < -0.3 is 15.4 Å². The third-order valence-corrected chi connectivity index (χ3v) is 3.52. The summed E-state index contributed by atoms with van der Waals surface area (Å²) in [5.41, 5.74) is 1.12. The average molecular weight is 443 g/mol. The van der Waals surface area contributed by atoms with Crippen LogP contribution in [-0.2, 0) is 0 Å². The maximum absolute atomic E-state index is 12.1. The van der Waals surface area contributed by atoms with Gasteiger partial charge in [0.2, 0.25) is 0 Å². The van der Waals surface area contributed by atoms with Gasteiger partial charge in [0.15, 0.2) is 5.96 Å². The Morgan fingerprint density at radius 1 is 1.30 bits per heavy atom. The number of benzene rings is 1. The van der Waals surface area contributed by atoms with Crippen LogP contribution < -0.4 is 15.4 Å². The molecule has 0 spiro atoms. The molecule has 1 atom stereocenters. The van der Waals surface area contributed by atoms with Gasteiger partial charge in [0.25, 0.3) is 0 Å². The molecule has 4 nitrogen and oxygen atoms in total. The van der Waals surface area contributed by atoms with Crippen LogP contribution in [0.1, 0.15) is 24.3 Å². The van der Waals surface area contributed by atoms with E-state index in [-0.39, 0.29) is 36.4 Å². The third-order valence-electron chi connectivity index (χ3n) is 3.52. The van der Waals surface area contributed by atoms with Gasteiger partial charge >= 0.3 is 6.18 Å². The normalized spacial score (nSPS) is 17.6. The predicted octanol–water partition coefficient (Wildman–Crippen LogP) is 3.29. The zero-order valence-corrected chi connectivity index (χ0v) is 15.2. The number of guanidine groups is 1. The molecule has 1 aliphatic heterocycles. The first-order chi connectivity index (χ1) is 10.5. The molecule has 0 saturated heterocycles. The molecule has 2 rings (SSSR count). The number of aliphatic imine (C=N–C) groups is 1. The Morgan fingerprint density at radius 3 is 2.74 bits per heavy atom. The molecule has 1 aromatic rings. The Morgan fingerprint density at radius 2 is 2.04 bits per heavy atom. The summed E-state index contributed by atoms with van der Waals surface area (Å²) in [6.07, 6.45) is -4.18. The molecule has 0 radical (unpaired) electrons. The lowest BCUT2D eigenvalue weighted by atomic mass is 9.93. The zero-order chi connectivity index (χ0) is 16.0. The fraction of sp³-hybridized carbons (Fsp3) is 0.533. The number of nitrogens with one attached hydrogen (secondary N) is 2. The molecule has 0 aliphatic carbocycles. The molecular weight excluding hydrogens is 422 g/mol. The van der Waals surface area contributed by atoms with Crippen molar-refractivity contribution >= 4 is 29.9 Å². The summed E-state index contributed by atoms with van der Waals surface area (Å²) in [6.45, 7) is 1.06. The van der Waals surface area contributed by atoms with Gasteiger partial charge in [0, 0.05) is 26.1 Å². The number of para-hydroxylation sites is 1. The van der Waals surface area contributed by atoms with Crippen LogP contribution in [0.2, 0.25) is 0 Å². The molecule has 0 bridgehead atoms. The molecule has 1 heterocycles. The summed E-state index contributed by atoms with van der Waals surface area (Å²) in [7, 11) is 1.54. The van der Waals surface area contributed by atoms with Crippen molar-refractivity contribution in [1.82, 2.24) is 10.6 Å². The van der Waals surface area contributed by atoms with E-state index in [1.54, 1.807) is 7.05 Å². The Bertz CT molecular complexity index is 523. The molecule has 130 valence electrons. The van der Waals surface area contributed by atoms with Crippen LogP contribution in [0.5, 0.6) is 5.75 Å². The molecule has 23 heavy (non-hydrogen) atoms. The van der Waals surface area contributed by atoms with E-state index in [2.05, 4.69) is 15.6 Å². The highest BCUT2D eigenvalue weighted by Crippen LogP contribution is 2.32. The summed E-state index contributed by atoms with van der Waals surface area (Å²) >= 11 is 0. The molecular formula is C15H21F3IN3O. The minimum absolute atomic E-state index is 0. The van der Waals surface area contributed by atoms with Crippen molar-refractivity contribution in [2.75, 3.05) is 26.7 Å². The minimum atomic E-state index is -4.16. The number of fused-ring (bicyclic) bond motifs is 1. The number of rotatable bonds is 4. The Balaban J connectivity index is 0.00000264. The topological polar surface area (TPSA) is 45.7 Å². The average Bonchev–Trinajstić information content (AvgIpc) is 2.49. The third kappa shape index (κ3) is 6.44. The summed E-state index contributed by atoms with van der Waals surface area (Å²) in [4.78, 5) is 3.94. The van der Waals surface area contributed by atoms with Gasteiger partial charge in [-0.2, -0.15) is 13.2 Å². The van der Waals surface area contributed by atoms with E-state index in [0.29, 0.717) is 19.1 Å². The summed E-state index contributed by atoms with van der Waals surface area (Å²) in [6, 6.07) is 7.82. The Labute approximate surface area is 150 Å². The lowest BCUT2D eigenvalue weighted by molar-refractivity contribution is -0.132. The number of halogens is 4. The van der Waals surface area contributed by atoms with Crippen LogP contribution in [0.4, 0.5) is 13.2 Å². The summed E-state index contributed by atoms with van der Waals surface area (Å²) in [5, 5.41) is 5.76. The first-order valence-electron chi connectivity index (χ1n) is 7.22. The number of alkyl halides is 3. The predicted molar refractivity (Wildman–Crippen MR) is 94.7 cm³/mol. The molecule has 0 saturated carbocycles. The van der Waals surface area contributed by atoms with E-state index in [1.807, 2.05) is 24.3 Å². The van der Waals surface area contributed by atoms with Gasteiger partial charge in [-0.1, -0.05) is 18.2 Å². The first-order valence-corrected chi connectivity index (χ1v) is 7.22. The van der Waals surface area contributed by atoms with Crippen molar-refractivity contribution < 1.29 is 17.9 Å². The molecule has 1 unspecified atom stereocenters. The van der Waals surface area contributed by atoms with Crippen molar-refractivity contribution in [1.29, 1.82) is 0 Å². The molecule has 0 fully saturated rings. The maximum Gasteiger partial charge on any atom is 0.390 e. The monoisotopic (exact) mass is 443 g/mol. The van der Waals surface area contributed by atoms with Crippen molar-refractivity contribution in [3.63, 3.8) is 0 Å². The van der Waals surface area contributed by atoms with Crippen LogP contribution in [0, 0.1) is 0 Å². The van der Waals surface area contributed by atoms with Gasteiger partial charge in [-0.05, 0) is 18.1 Å². The summed E-state index contributed by atoms with van der Waals surface area (Å²) in [5.74, 6) is 1.51. The van der Waals surface area contributed by atoms with E-state index in [9.17, 15) is 13.2 Å². The quantitative estimate of drug-likeness (QED) is 0.427. The van der Waals surface area contributed by atoms with Crippen molar-refractivity contribution in [3.8, 4) is 5.75 Å². The van der Waals surface area contributed by atoms with Gasteiger partial charge in [-0.15, -0.1) is 24.0 Å². The van der Waals surface area contributed by atoms with Gasteiger partial charge in [-0.3, -0.25) is 4.99 Å². The number of ether oxygens (including phenoxy) is 1. The molecule has 1 aliphatic rings. The van der Waals surface area contributed by atoms with Gasteiger partial charge in [0.05, 0.1) is 13.0 Å². The molecule has 1 aromatic carbocycles. The van der Waals surface area contributed by atoms with Gasteiger partial charge in [0.1, 0.15) is 5.75 Å². The molecule has 0 aromatic heterocycles. The molecule has 8 heteroatoms. The molecule has 2 N–H and O–H groups in total. The highest BCUT2D eigenvalue weighted by molar-refractivity contribution is 14.0.